The van der Waals surface area contributed by atoms with Gasteiger partial charge in [-0.15, -0.1) is 24.0 Å². The fourth-order valence-corrected chi connectivity index (χ4v) is 4.53. The number of fused-ring (bicyclic) bond motifs is 1. The first-order valence-corrected chi connectivity index (χ1v) is 10.9. The fraction of sp³-hybridized carbons (Fsp3) is 0.421. The molecule has 0 bridgehead atoms. The van der Waals surface area contributed by atoms with E-state index in [4.69, 9.17) is 0 Å². The summed E-state index contributed by atoms with van der Waals surface area (Å²) >= 11 is 0. The smallest absolute Gasteiger partial charge is 0.237 e. The molecule has 0 fully saturated rings. The lowest BCUT2D eigenvalue weighted by Gasteiger charge is -2.19. The van der Waals surface area contributed by atoms with E-state index in [2.05, 4.69) is 20.2 Å². The minimum Gasteiger partial charge on any atom is -0.357 e. The molecule has 1 aromatic carbocycles. The Morgan fingerprint density at radius 3 is 2.64 bits per heavy atom. The number of hydrogen-bond acceptors (Lipinski definition) is 3. The van der Waals surface area contributed by atoms with Crippen LogP contribution >= 0.6 is 24.0 Å². The molecule has 0 radical (unpaired) electrons. The molecule has 0 unspecified atom stereocenters. The Balaban J connectivity index is 0.00000280. The summed E-state index contributed by atoms with van der Waals surface area (Å²) < 4.78 is 29.0. The number of rotatable bonds is 8. The second-order valence-corrected chi connectivity index (χ2v) is 8.39. The predicted molar refractivity (Wildman–Crippen MR) is 125 cm³/mol. The topological polar surface area (TPSA) is 78.7 Å². The molecule has 0 saturated heterocycles. The number of sulfonamides is 1. The van der Waals surface area contributed by atoms with Crippen LogP contribution in [-0.4, -0.2) is 50.9 Å². The number of nitrogens with one attached hydrogen (secondary N) is 2. The minimum atomic E-state index is -3.37. The summed E-state index contributed by atoms with van der Waals surface area (Å²) in [4.78, 5) is 4.42. The Hall–Kier alpha value is -1.75. The van der Waals surface area contributed by atoms with E-state index in [9.17, 15) is 8.42 Å². The summed E-state index contributed by atoms with van der Waals surface area (Å²) in [5.41, 5.74) is 1.89. The summed E-state index contributed by atoms with van der Waals surface area (Å²) in [6, 6.07) is 11.7. The van der Waals surface area contributed by atoms with Crippen LogP contribution in [-0.2, 0) is 23.0 Å². The van der Waals surface area contributed by atoms with Crippen LogP contribution < -0.4 is 14.9 Å². The van der Waals surface area contributed by atoms with Gasteiger partial charge < -0.3 is 15.2 Å². The van der Waals surface area contributed by atoms with Crippen LogP contribution in [0.25, 0.3) is 0 Å². The number of nitrogens with zero attached hydrogens (tertiary/aromatic N) is 3. The van der Waals surface area contributed by atoms with Gasteiger partial charge in [0.15, 0.2) is 5.96 Å². The van der Waals surface area contributed by atoms with E-state index in [1.165, 1.54) is 4.31 Å². The molecule has 2 heterocycles. The minimum absolute atomic E-state index is 0. The number of guanidine groups is 1. The Bertz CT molecular complexity index is 868. The predicted octanol–water partition coefficient (Wildman–Crippen LogP) is 2.05. The van der Waals surface area contributed by atoms with Gasteiger partial charge in [-0.2, -0.15) is 0 Å². The van der Waals surface area contributed by atoms with E-state index in [0.717, 1.165) is 30.8 Å². The molecule has 28 heavy (non-hydrogen) atoms. The molecular weight excluding hydrogens is 489 g/mol. The molecule has 154 valence electrons. The molecule has 9 heteroatoms. The van der Waals surface area contributed by atoms with E-state index >= 15 is 0 Å². The number of anilines is 1. The van der Waals surface area contributed by atoms with E-state index in [1.807, 2.05) is 55.7 Å². The lowest BCUT2D eigenvalue weighted by molar-refractivity contribution is 0.592. The van der Waals surface area contributed by atoms with Crippen molar-refractivity contribution in [1.29, 1.82) is 0 Å². The lowest BCUT2D eigenvalue weighted by Crippen LogP contribution is -2.39. The van der Waals surface area contributed by atoms with Gasteiger partial charge in [0, 0.05) is 38.6 Å². The zero-order valence-corrected chi connectivity index (χ0v) is 19.2. The highest BCUT2D eigenvalue weighted by Crippen LogP contribution is 2.29. The largest absolute Gasteiger partial charge is 0.357 e. The van der Waals surface area contributed by atoms with Gasteiger partial charge >= 0.3 is 0 Å². The van der Waals surface area contributed by atoms with Gasteiger partial charge in [0.05, 0.1) is 18.0 Å². The zero-order valence-electron chi connectivity index (χ0n) is 16.0. The summed E-state index contributed by atoms with van der Waals surface area (Å²) in [6.45, 7) is 4.98. The van der Waals surface area contributed by atoms with Crippen molar-refractivity contribution in [2.45, 2.75) is 19.9 Å². The number of aromatic nitrogens is 1. The maximum atomic E-state index is 12.7. The summed E-state index contributed by atoms with van der Waals surface area (Å²) in [6.07, 6.45) is 4.78. The molecule has 0 atom stereocenters. The van der Waals surface area contributed by atoms with Gasteiger partial charge in [-0.3, -0.25) is 9.30 Å². The van der Waals surface area contributed by atoms with Crippen LogP contribution in [0.15, 0.2) is 53.8 Å². The van der Waals surface area contributed by atoms with Crippen LogP contribution in [0.3, 0.4) is 0 Å². The van der Waals surface area contributed by atoms with E-state index in [1.54, 1.807) is 0 Å². The Morgan fingerprint density at radius 2 is 1.89 bits per heavy atom. The molecule has 0 aliphatic carbocycles. The molecular formula is C19H28IN5O2S. The van der Waals surface area contributed by atoms with E-state index < -0.39 is 10.0 Å². The average molecular weight is 517 g/mol. The molecule has 3 rings (SSSR count). The highest BCUT2D eigenvalue weighted by Gasteiger charge is 2.28. The van der Waals surface area contributed by atoms with E-state index in [0.29, 0.717) is 19.0 Å². The van der Waals surface area contributed by atoms with Crippen LogP contribution in [0.1, 0.15) is 12.5 Å². The number of benzene rings is 1. The number of hydrogen-bond donors (Lipinski definition) is 2. The van der Waals surface area contributed by atoms with Gasteiger partial charge in [0.25, 0.3) is 0 Å². The Labute approximate surface area is 184 Å². The van der Waals surface area contributed by atoms with Gasteiger partial charge in [-0.25, -0.2) is 8.42 Å². The number of para-hydroxylation sites is 1. The van der Waals surface area contributed by atoms with Crippen LogP contribution in [0.2, 0.25) is 0 Å². The summed E-state index contributed by atoms with van der Waals surface area (Å²) in [5, 5.41) is 6.40. The summed E-state index contributed by atoms with van der Waals surface area (Å²) in [5.74, 6) is 0.636. The Morgan fingerprint density at radius 1 is 1.14 bits per heavy atom. The monoisotopic (exact) mass is 517 g/mol. The normalized spacial score (nSPS) is 13.8. The maximum Gasteiger partial charge on any atom is 0.237 e. The van der Waals surface area contributed by atoms with Crippen LogP contribution in [0.4, 0.5) is 5.69 Å². The van der Waals surface area contributed by atoms with Crippen molar-refractivity contribution in [2.75, 3.05) is 36.2 Å². The SMILES string of the molecule is CCNC(=NCCS(=O)(=O)N1CCc2ccccc21)NCCn1cccc1.I. The quantitative estimate of drug-likeness (QED) is 0.319. The van der Waals surface area contributed by atoms with Gasteiger partial charge in [-0.1, -0.05) is 18.2 Å². The van der Waals surface area contributed by atoms with Crippen molar-refractivity contribution < 1.29 is 8.42 Å². The van der Waals surface area contributed by atoms with Crippen molar-refractivity contribution in [3.05, 3.63) is 54.4 Å². The number of halogens is 1. The first-order chi connectivity index (χ1) is 13.1. The Kier molecular flexibility index (Phi) is 8.61. The number of aliphatic imine (C=N–C) groups is 1. The maximum absolute atomic E-state index is 12.7. The first kappa shape index (κ1) is 22.5. The molecule has 0 saturated carbocycles. The third-order valence-electron chi connectivity index (χ3n) is 4.47. The van der Waals surface area contributed by atoms with Gasteiger partial charge in [0.1, 0.15) is 0 Å². The van der Waals surface area contributed by atoms with Gasteiger partial charge in [-0.05, 0) is 37.1 Å². The highest BCUT2D eigenvalue weighted by atomic mass is 127. The van der Waals surface area contributed by atoms with E-state index in [-0.39, 0.29) is 36.3 Å². The first-order valence-electron chi connectivity index (χ1n) is 9.31. The molecule has 0 amide bonds. The molecule has 2 N–H and O–H groups in total. The third kappa shape index (κ3) is 5.87. The van der Waals surface area contributed by atoms with Crippen molar-refractivity contribution in [2.24, 2.45) is 4.99 Å². The molecule has 1 aliphatic heterocycles. The van der Waals surface area contributed by atoms with Crippen LogP contribution in [0, 0.1) is 0 Å². The second kappa shape index (κ2) is 10.7. The highest BCUT2D eigenvalue weighted by molar-refractivity contribution is 14.0. The molecule has 2 aromatic rings. The summed E-state index contributed by atoms with van der Waals surface area (Å²) in [7, 11) is -3.37. The van der Waals surface area contributed by atoms with Crippen LogP contribution in [0.5, 0.6) is 0 Å². The van der Waals surface area contributed by atoms with Gasteiger partial charge in [0.2, 0.25) is 10.0 Å². The molecule has 7 nitrogen and oxygen atoms in total. The molecule has 1 aromatic heterocycles. The molecule has 0 spiro atoms. The molecule has 1 aliphatic rings. The fourth-order valence-electron chi connectivity index (χ4n) is 3.14. The zero-order chi connectivity index (χ0) is 19.1. The van der Waals surface area contributed by atoms with Crippen molar-refractivity contribution in [3.8, 4) is 0 Å². The second-order valence-electron chi connectivity index (χ2n) is 6.38. The van der Waals surface area contributed by atoms with Crippen molar-refractivity contribution in [1.82, 2.24) is 15.2 Å². The average Bonchev–Trinajstić information content (AvgIpc) is 3.31. The standard InChI is InChI=1S/C19H27N5O2S.HI/c1-2-20-19(21-10-15-23-12-5-6-13-23)22-11-16-27(25,26)24-14-9-17-7-3-4-8-18(17)24;/h3-8,12-13H,2,9-11,14-16H2,1H3,(H2,20,21,22);1H. The lowest BCUT2D eigenvalue weighted by atomic mass is 10.2. The van der Waals surface area contributed by atoms with Crippen molar-refractivity contribution in [3.63, 3.8) is 0 Å². The third-order valence-corrected chi connectivity index (χ3v) is 6.22. The van der Waals surface area contributed by atoms with Crippen molar-refractivity contribution >= 4 is 45.6 Å².